The minimum absolute atomic E-state index is 0.149. The average molecular weight is 484 g/mol. The molecule has 0 radical (unpaired) electrons. The number of benzene rings is 1. The van der Waals surface area contributed by atoms with E-state index in [1.807, 2.05) is 31.2 Å². The van der Waals surface area contributed by atoms with Gasteiger partial charge >= 0.3 is 6.03 Å². The third-order valence-electron chi connectivity index (χ3n) is 6.82. The molecule has 0 fully saturated rings. The van der Waals surface area contributed by atoms with Gasteiger partial charge in [-0.1, -0.05) is 44.1 Å². The molecule has 0 saturated heterocycles. The first-order valence-corrected chi connectivity index (χ1v) is 12.0. The van der Waals surface area contributed by atoms with E-state index < -0.39 is 6.03 Å². The largest absolute Gasteiger partial charge is 0.359 e. The normalized spacial score (nSPS) is 13.3. The number of amides is 2. The fourth-order valence-electron chi connectivity index (χ4n) is 4.22. The van der Waals surface area contributed by atoms with E-state index in [1.54, 1.807) is 18.2 Å². The van der Waals surface area contributed by atoms with E-state index in [4.69, 9.17) is 4.52 Å². The highest BCUT2D eigenvalue weighted by atomic mass is 16.5. The smallest absolute Gasteiger partial charge is 0.324 e. The summed E-state index contributed by atoms with van der Waals surface area (Å²) in [6, 6.07) is 10.4. The zero-order valence-corrected chi connectivity index (χ0v) is 20.8. The lowest BCUT2D eigenvalue weighted by Crippen LogP contribution is -2.19. The summed E-state index contributed by atoms with van der Waals surface area (Å²) in [5.74, 6) is 0.898. The van der Waals surface area contributed by atoms with Crippen LogP contribution < -0.4 is 10.6 Å². The molecule has 4 aromatic rings. The first kappa shape index (κ1) is 23.4. The van der Waals surface area contributed by atoms with Crippen molar-refractivity contribution in [3.63, 3.8) is 0 Å². The Hall–Kier alpha value is -4.33. The number of aromatic amines is 2. The molecule has 0 unspecified atom stereocenters. The predicted octanol–water partition coefficient (Wildman–Crippen LogP) is 6.87. The van der Waals surface area contributed by atoms with Gasteiger partial charge in [-0.05, 0) is 55.7 Å². The van der Waals surface area contributed by atoms with Crippen LogP contribution >= 0.6 is 0 Å². The number of hydrogen-bond donors (Lipinski definition) is 4. The van der Waals surface area contributed by atoms with Gasteiger partial charge in [0.2, 0.25) is 5.78 Å². The first-order valence-electron chi connectivity index (χ1n) is 12.0. The van der Waals surface area contributed by atoms with Crippen molar-refractivity contribution in [2.75, 3.05) is 10.6 Å². The first-order chi connectivity index (χ1) is 17.2. The van der Waals surface area contributed by atoms with Gasteiger partial charge in [0.05, 0.1) is 17.1 Å². The zero-order chi connectivity index (χ0) is 25.4. The molecule has 36 heavy (non-hydrogen) atoms. The van der Waals surface area contributed by atoms with Crippen LogP contribution in [-0.2, 0) is 5.41 Å². The Balaban J connectivity index is 1.36. The molecule has 1 aliphatic rings. The maximum Gasteiger partial charge on any atom is 0.324 e. The third kappa shape index (κ3) is 4.37. The van der Waals surface area contributed by atoms with Crippen LogP contribution in [0, 0.1) is 0 Å². The zero-order valence-electron chi connectivity index (χ0n) is 20.8. The topological polar surface area (TPSA) is 116 Å². The second-order valence-corrected chi connectivity index (χ2v) is 9.71. The minimum atomic E-state index is -0.451. The van der Waals surface area contributed by atoms with E-state index >= 15 is 0 Å². The molecule has 5 rings (SSSR count). The maximum atomic E-state index is 13.3. The van der Waals surface area contributed by atoms with Gasteiger partial charge in [-0.2, -0.15) is 0 Å². The quantitative estimate of drug-likeness (QED) is 0.224. The number of anilines is 2. The highest BCUT2D eigenvalue weighted by molar-refractivity contribution is 6.12. The molecule has 184 valence electrons. The van der Waals surface area contributed by atoms with Crippen LogP contribution in [0.2, 0.25) is 0 Å². The molecule has 3 heterocycles. The second kappa shape index (κ2) is 9.03. The summed E-state index contributed by atoms with van der Waals surface area (Å²) in [5, 5.41) is 10.3. The minimum Gasteiger partial charge on any atom is -0.359 e. The molecule has 1 aliphatic carbocycles. The molecule has 8 heteroatoms. The number of urea groups is 1. The molecule has 0 saturated carbocycles. The molecule has 0 aliphatic heterocycles. The van der Waals surface area contributed by atoms with Crippen molar-refractivity contribution >= 4 is 45.9 Å². The van der Waals surface area contributed by atoms with E-state index in [0.717, 1.165) is 40.6 Å². The van der Waals surface area contributed by atoms with Crippen molar-refractivity contribution in [3.8, 4) is 0 Å². The van der Waals surface area contributed by atoms with Crippen LogP contribution in [0.3, 0.4) is 0 Å². The molecule has 3 aromatic heterocycles. The van der Waals surface area contributed by atoms with E-state index in [9.17, 15) is 9.59 Å². The summed E-state index contributed by atoms with van der Waals surface area (Å²) < 4.78 is 5.41. The van der Waals surface area contributed by atoms with Gasteiger partial charge in [0.1, 0.15) is 5.76 Å². The Morgan fingerprint density at radius 2 is 1.92 bits per heavy atom. The summed E-state index contributed by atoms with van der Waals surface area (Å²) in [6.45, 7) is 8.23. The monoisotopic (exact) mass is 483 g/mol. The van der Waals surface area contributed by atoms with Crippen LogP contribution in [-0.4, -0.2) is 26.9 Å². The lowest BCUT2D eigenvalue weighted by atomic mass is 9.87. The number of ketones is 1. The Bertz CT molecular complexity index is 1530. The number of H-pyrrole nitrogens is 2. The van der Waals surface area contributed by atoms with E-state index in [1.165, 1.54) is 0 Å². The lowest BCUT2D eigenvalue weighted by molar-refractivity contribution is 0.103. The van der Waals surface area contributed by atoms with Gasteiger partial charge < -0.3 is 19.8 Å². The Labute approximate surface area is 208 Å². The average Bonchev–Trinajstić information content (AvgIpc) is 3.58. The SMILES string of the molecule is CCC(C)(C)c1cc(NC(=O)Nc2cccc3[nH]c(C(=O)c4cc5c([nH]4)C=CCC=C5C)cc23)no1. The fraction of sp³-hybridized carbons (Fsp3) is 0.250. The van der Waals surface area contributed by atoms with E-state index in [0.29, 0.717) is 28.7 Å². The Morgan fingerprint density at radius 3 is 2.72 bits per heavy atom. The van der Waals surface area contributed by atoms with Gasteiger partial charge in [0, 0.05) is 33.6 Å². The summed E-state index contributed by atoms with van der Waals surface area (Å²) in [5.41, 5.74) is 5.18. The molecule has 0 bridgehead atoms. The van der Waals surface area contributed by atoms with Crippen molar-refractivity contribution in [2.24, 2.45) is 0 Å². The molecule has 0 atom stereocenters. The van der Waals surface area contributed by atoms with Crippen molar-refractivity contribution in [1.29, 1.82) is 0 Å². The molecule has 1 aromatic carbocycles. The number of carbonyl (C=O) groups excluding carboxylic acids is 2. The number of fused-ring (bicyclic) bond motifs is 2. The van der Waals surface area contributed by atoms with Crippen LogP contribution in [0.25, 0.3) is 22.6 Å². The van der Waals surface area contributed by atoms with Crippen LogP contribution in [0.15, 0.2) is 53.1 Å². The number of nitrogens with zero attached hydrogens (tertiary/aromatic N) is 1. The van der Waals surface area contributed by atoms with Crippen molar-refractivity contribution in [3.05, 3.63) is 77.0 Å². The van der Waals surface area contributed by atoms with Crippen LogP contribution in [0.4, 0.5) is 16.3 Å². The fourth-order valence-corrected chi connectivity index (χ4v) is 4.22. The molecule has 8 nitrogen and oxygen atoms in total. The van der Waals surface area contributed by atoms with Crippen molar-refractivity contribution < 1.29 is 14.1 Å². The summed E-state index contributed by atoms with van der Waals surface area (Å²) in [7, 11) is 0. The highest BCUT2D eigenvalue weighted by Gasteiger charge is 2.24. The number of nitrogens with one attached hydrogen (secondary N) is 4. The van der Waals surface area contributed by atoms with Crippen molar-refractivity contribution in [1.82, 2.24) is 15.1 Å². The molecule has 4 N–H and O–H groups in total. The lowest BCUT2D eigenvalue weighted by Gasteiger charge is -2.17. The van der Waals surface area contributed by atoms with Gasteiger partial charge in [-0.25, -0.2) is 4.79 Å². The van der Waals surface area contributed by atoms with E-state index in [2.05, 4.69) is 58.7 Å². The Morgan fingerprint density at radius 1 is 1.11 bits per heavy atom. The number of aromatic nitrogens is 3. The predicted molar refractivity (Wildman–Crippen MR) is 142 cm³/mol. The molecule has 0 spiro atoms. The number of hydrogen-bond acceptors (Lipinski definition) is 4. The second-order valence-electron chi connectivity index (χ2n) is 9.71. The van der Waals surface area contributed by atoms with Gasteiger partial charge in [-0.15, -0.1) is 0 Å². The number of carbonyl (C=O) groups is 2. The van der Waals surface area contributed by atoms with Gasteiger partial charge in [0.15, 0.2) is 5.82 Å². The van der Waals surface area contributed by atoms with Crippen LogP contribution in [0.1, 0.15) is 73.7 Å². The van der Waals surface area contributed by atoms with Gasteiger partial charge in [-0.3, -0.25) is 10.1 Å². The van der Waals surface area contributed by atoms with Crippen molar-refractivity contribution in [2.45, 2.75) is 46.0 Å². The third-order valence-corrected chi connectivity index (χ3v) is 6.82. The molecular formula is C28H29N5O3. The standard InChI is InChI=1S/C28H29N5O3/c1-5-28(3,4)24-15-25(33-36-24)32-27(35)31-21-12-8-11-20-18(21)14-23(30-20)26(34)22-13-17-16(2)9-6-7-10-19(17)29-22/h7-15,29-30H,5-6H2,1-4H3,(H2,31,32,33,35). The number of allylic oxidation sites excluding steroid dienone is 3. The summed E-state index contributed by atoms with van der Waals surface area (Å²) >= 11 is 0. The van der Waals surface area contributed by atoms with E-state index in [-0.39, 0.29) is 11.2 Å². The summed E-state index contributed by atoms with van der Waals surface area (Å²) in [6.07, 6.45) is 7.96. The Kier molecular flexibility index (Phi) is 5.88. The maximum absolute atomic E-state index is 13.3. The van der Waals surface area contributed by atoms with Crippen LogP contribution in [0.5, 0.6) is 0 Å². The number of rotatable bonds is 6. The van der Waals surface area contributed by atoms with Gasteiger partial charge in [0.25, 0.3) is 0 Å². The summed E-state index contributed by atoms with van der Waals surface area (Å²) in [4.78, 5) is 32.4. The molecular weight excluding hydrogens is 454 g/mol. The molecule has 2 amide bonds. The highest BCUT2D eigenvalue weighted by Crippen LogP contribution is 2.30.